The molecule has 8 heteroatoms. The predicted octanol–water partition coefficient (Wildman–Crippen LogP) is 1.94. The standard InChI is InChI=1S/C11H10F4N4/c12-9-1-7(3-17-10(9)11(13,14)15)5-19-6-8(2-16)4-18-19/h1,3-4,6H,2,5,16H2. The molecule has 0 aliphatic heterocycles. The Morgan fingerprint density at radius 1 is 1.21 bits per heavy atom. The smallest absolute Gasteiger partial charge is 0.326 e. The molecule has 0 unspecified atom stereocenters. The first kappa shape index (κ1) is 13.5. The van der Waals surface area contributed by atoms with E-state index in [0.29, 0.717) is 6.54 Å². The molecule has 0 amide bonds. The number of rotatable bonds is 3. The van der Waals surface area contributed by atoms with Gasteiger partial charge < -0.3 is 5.73 Å². The zero-order valence-corrected chi connectivity index (χ0v) is 9.65. The highest BCUT2D eigenvalue weighted by molar-refractivity contribution is 5.19. The van der Waals surface area contributed by atoms with Crippen molar-refractivity contribution in [1.82, 2.24) is 14.8 Å². The van der Waals surface area contributed by atoms with Crippen molar-refractivity contribution in [2.24, 2.45) is 5.73 Å². The van der Waals surface area contributed by atoms with Crippen LogP contribution in [0.15, 0.2) is 24.7 Å². The lowest BCUT2D eigenvalue weighted by Gasteiger charge is -2.08. The number of nitrogens with zero attached hydrogens (tertiary/aromatic N) is 3. The Labute approximate surface area is 105 Å². The molecule has 102 valence electrons. The van der Waals surface area contributed by atoms with E-state index >= 15 is 0 Å². The molecule has 0 saturated carbocycles. The molecule has 0 saturated heterocycles. The number of alkyl halides is 3. The maximum absolute atomic E-state index is 13.3. The monoisotopic (exact) mass is 274 g/mol. The Morgan fingerprint density at radius 2 is 1.95 bits per heavy atom. The van der Waals surface area contributed by atoms with Crippen molar-refractivity contribution >= 4 is 0 Å². The Hall–Kier alpha value is -1.96. The van der Waals surface area contributed by atoms with Crippen LogP contribution >= 0.6 is 0 Å². The summed E-state index contributed by atoms with van der Waals surface area (Å²) in [5, 5.41) is 3.95. The van der Waals surface area contributed by atoms with Crippen LogP contribution < -0.4 is 5.73 Å². The Balaban J connectivity index is 2.20. The van der Waals surface area contributed by atoms with Crippen molar-refractivity contribution in [3.63, 3.8) is 0 Å². The third-order valence-electron chi connectivity index (χ3n) is 2.43. The summed E-state index contributed by atoms with van der Waals surface area (Å²) in [5.74, 6) is -1.39. The molecule has 0 aromatic carbocycles. The van der Waals surface area contributed by atoms with E-state index in [0.717, 1.165) is 17.8 Å². The van der Waals surface area contributed by atoms with Gasteiger partial charge in [-0.05, 0) is 11.6 Å². The van der Waals surface area contributed by atoms with Gasteiger partial charge in [-0.1, -0.05) is 0 Å². The Bertz CT molecular complexity index is 576. The van der Waals surface area contributed by atoms with Gasteiger partial charge >= 0.3 is 6.18 Å². The van der Waals surface area contributed by atoms with Crippen LogP contribution in [-0.4, -0.2) is 14.8 Å². The van der Waals surface area contributed by atoms with Gasteiger partial charge in [0.15, 0.2) is 11.5 Å². The Morgan fingerprint density at radius 3 is 2.47 bits per heavy atom. The van der Waals surface area contributed by atoms with Crippen molar-refractivity contribution in [3.8, 4) is 0 Å². The van der Waals surface area contributed by atoms with E-state index in [1.165, 1.54) is 10.9 Å². The molecule has 19 heavy (non-hydrogen) atoms. The summed E-state index contributed by atoms with van der Waals surface area (Å²) in [6.07, 6.45) is -0.639. The number of halogens is 4. The molecule has 2 N–H and O–H groups in total. The summed E-state index contributed by atoms with van der Waals surface area (Å²) < 4.78 is 51.7. The molecule has 0 bridgehead atoms. The van der Waals surface area contributed by atoms with Crippen LogP contribution in [0.5, 0.6) is 0 Å². The van der Waals surface area contributed by atoms with Gasteiger partial charge in [0.25, 0.3) is 0 Å². The molecule has 2 aromatic rings. The molecule has 2 aromatic heterocycles. The van der Waals surface area contributed by atoms with Crippen molar-refractivity contribution in [2.45, 2.75) is 19.3 Å². The first-order valence-electron chi connectivity index (χ1n) is 5.33. The maximum Gasteiger partial charge on any atom is 0.436 e. The lowest BCUT2D eigenvalue weighted by Crippen LogP contribution is -2.12. The highest BCUT2D eigenvalue weighted by Crippen LogP contribution is 2.29. The number of hydrogen-bond donors (Lipinski definition) is 1. The average molecular weight is 274 g/mol. The van der Waals surface area contributed by atoms with Crippen molar-refractivity contribution < 1.29 is 17.6 Å². The molecule has 2 rings (SSSR count). The third-order valence-corrected chi connectivity index (χ3v) is 2.43. The van der Waals surface area contributed by atoms with Gasteiger partial charge in [0, 0.05) is 24.5 Å². The molecule has 0 spiro atoms. The largest absolute Gasteiger partial charge is 0.436 e. The van der Waals surface area contributed by atoms with Gasteiger partial charge in [0.2, 0.25) is 0 Å². The Kier molecular flexibility index (Phi) is 3.52. The van der Waals surface area contributed by atoms with Crippen LogP contribution in [0, 0.1) is 5.82 Å². The minimum Gasteiger partial charge on any atom is -0.326 e. The fourth-order valence-electron chi connectivity index (χ4n) is 1.56. The third kappa shape index (κ3) is 3.08. The number of aromatic nitrogens is 3. The molecule has 2 heterocycles. The average Bonchev–Trinajstić information content (AvgIpc) is 2.75. The quantitative estimate of drug-likeness (QED) is 0.870. The van der Waals surface area contributed by atoms with Crippen LogP contribution in [-0.2, 0) is 19.3 Å². The molecular formula is C11H10F4N4. The van der Waals surface area contributed by atoms with Gasteiger partial charge in [0.05, 0.1) is 12.7 Å². The summed E-state index contributed by atoms with van der Waals surface area (Å²) >= 11 is 0. The second-order valence-corrected chi connectivity index (χ2v) is 3.92. The number of pyridine rings is 1. The van der Waals surface area contributed by atoms with Crippen molar-refractivity contribution in [2.75, 3.05) is 0 Å². The fourth-order valence-corrected chi connectivity index (χ4v) is 1.56. The van der Waals surface area contributed by atoms with E-state index in [-0.39, 0.29) is 12.1 Å². The number of hydrogen-bond acceptors (Lipinski definition) is 3. The molecule has 0 aliphatic carbocycles. The minimum atomic E-state index is -4.79. The van der Waals surface area contributed by atoms with E-state index in [1.807, 2.05) is 0 Å². The van der Waals surface area contributed by atoms with Gasteiger partial charge in [-0.3, -0.25) is 4.68 Å². The van der Waals surface area contributed by atoms with E-state index < -0.39 is 17.7 Å². The molecule has 0 atom stereocenters. The topological polar surface area (TPSA) is 56.7 Å². The van der Waals surface area contributed by atoms with Crippen LogP contribution in [0.1, 0.15) is 16.8 Å². The summed E-state index contributed by atoms with van der Waals surface area (Å²) in [4.78, 5) is 3.11. The van der Waals surface area contributed by atoms with Gasteiger partial charge in [-0.25, -0.2) is 9.37 Å². The lowest BCUT2D eigenvalue weighted by molar-refractivity contribution is -0.143. The van der Waals surface area contributed by atoms with Crippen molar-refractivity contribution in [3.05, 3.63) is 47.3 Å². The summed E-state index contributed by atoms with van der Waals surface area (Å²) in [6.45, 7) is 0.432. The minimum absolute atomic E-state index is 0.127. The zero-order chi connectivity index (χ0) is 14.0. The first-order valence-corrected chi connectivity index (χ1v) is 5.33. The van der Waals surface area contributed by atoms with E-state index in [4.69, 9.17) is 5.73 Å². The summed E-state index contributed by atoms with van der Waals surface area (Å²) in [7, 11) is 0. The van der Waals surface area contributed by atoms with Crippen LogP contribution in [0.4, 0.5) is 17.6 Å². The SMILES string of the molecule is NCc1cnn(Cc2cnc(C(F)(F)F)c(F)c2)c1. The second-order valence-electron chi connectivity index (χ2n) is 3.92. The molecule has 0 radical (unpaired) electrons. The van der Waals surface area contributed by atoms with E-state index in [9.17, 15) is 17.6 Å². The molecule has 0 fully saturated rings. The highest BCUT2D eigenvalue weighted by atomic mass is 19.4. The van der Waals surface area contributed by atoms with Gasteiger partial charge in [-0.2, -0.15) is 18.3 Å². The molecular weight excluding hydrogens is 264 g/mol. The van der Waals surface area contributed by atoms with Gasteiger partial charge in [-0.15, -0.1) is 0 Å². The first-order chi connectivity index (χ1) is 8.90. The van der Waals surface area contributed by atoms with Crippen LogP contribution in [0.3, 0.4) is 0 Å². The van der Waals surface area contributed by atoms with E-state index in [1.54, 1.807) is 6.20 Å². The molecule has 4 nitrogen and oxygen atoms in total. The fraction of sp³-hybridized carbons (Fsp3) is 0.273. The summed E-state index contributed by atoms with van der Waals surface area (Å²) in [5.41, 5.74) is 4.95. The zero-order valence-electron chi connectivity index (χ0n) is 9.65. The predicted molar refractivity (Wildman–Crippen MR) is 58.4 cm³/mol. The molecule has 0 aliphatic rings. The number of nitrogens with two attached hydrogens (primary N) is 1. The van der Waals surface area contributed by atoms with Crippen molar-refractivity contribution in [1.29, 1.82) is 0 Å². The highest BCUT2D eigenvalue weighted by Gasteiger charge is 2.36. The maximum atomic E-state index is 13.3. The lowest BCUT2D eigenvalue weighted by atomic mass is 10.2. The second kappa shape index (κ2) is 4.96. The van der Waals surface area contributed by atoms with E-state index in [2.05, 4.69) is 10.1 Å². The normalized spacial score (nSPS) is 11.8. The summed E-state index contributed by atoms with van der Waals surface area (Å²) in [6, 6.07) is 0.805. The van der Waals surface area contributed by atoms with Crippen LogP contribution in [0.2, 0.25) is 0 Å². The van der Waals surface area contributed by atoms with Gasteiger partial charge in [0.1, 0.15) is 0 Å². The van der Waals surface area contributed by atoms with Crippen LogP contribution in [0.25, 0.3) is 0 Å².